The summed E-state index contributed by atoms with van der Waals surface area (Å²) in [6, 6.07) is -0.530. The van der Waals surface area contributed by atoms with Crippen LogP contribution in [0.1, 0.15) is 29.7 Å². The molecule has 2 rings (SSSR count). The van der Waals surface area contributed by atoms with Crippen molar-refractivity contribution in [3.05, 3.63) is 32.6 Å². The van der Waals surface area contributed by atoms with Gasteiger partial charge in [-0.15, -0.1) is 0 Å². The molecule has 1 aromatic heterocycles. The van der Waals surface area contributed by atoms with Crippen LogP contribution in [0.15, 0.2) is 15.8 Å². The normalized spacial score (nSPS) is 19.1. The van der Waals surface area contributed by atoms with Crippen molar-refractivity contribution < 1.29 is 9.59 Å². The number of nitrogens with one attached hydrogen (secondary N) is 2. The van der Waals surface area contributed by atoms with Crippen molar-refractivity contribution in [2.24, 2.45) is 0 Å². The molecule has 1 aromatic rings. The average Bonchev–Trinajstić information content (AvgIpc) is 2.64. The van der Waals surface area contributed by atoms with Crippen LogP contribution in [-0.2, 0) is 4.79 Å². The summed E-state index contributed by atoms with van der Waals surface area (Å²) in [4.78, 5) is 48.1. The van der Waals surface area contributed by atoms with Gasteiger partial charge in [-0.25, -0.2) is 4.79 Å². The Morgan fingerprint density at radius 3 is 2.65 bits per heavy atom. The second-order valence-electron chi connectivity index (χ2n) is 3.90. The van der Waals surface area contributed by atoms with Crippen molar-refractivity contribution in [1.29, 1.82) is 0 Å². The Kier molecular flexibility index (Phi) is 2.66. The number of aromatic amines is 1. The topological polar surface area (TPSA) is 101 Å². The van der Waals surface area contributed by atoms with E-state index in [1.54, 1.807) is 0 Å². The van der Waals surface area contributed by atoms with Crippen molar-refractivity contribution in [2.45, 2.75) is 19.4 Å². The zero-order chi connectivity index (χ0) is 12.6. The van der Waals surface area contributed by atoms with Crippen LogP contribution in [0.25, 0.3) is 0 Å². The molecule has 1 aliphatic heterocycles. The van der Waals surface area contributed by atoms with E-state index in [-0.39, 0.29) is 24.4 Å². The second kappa shape index (κ2) is 4.00. The van der Waals surface area contributed by atoms with E-state index < -0.39 is 23.1 Å². The smallest absolute Gasteiger partial charge is 0.328 e. The molecule has 0 aliphatic carbocycles. The highest BCUT2D eigenvalue weighted by Crippen LogP contribution is 2.11. The van der Waals surface area contributed by atoms with E-state index in [2.05, 4.69) is 10.3 Å². The number of hydrogen-bond acceptors (Lipinski definition) is 4. The predicted molar refractivity (Wildman–Crippen MR) is 58.0 cm³/mol. The third-order valence-corrected chi connectivity index (χ3v) is 2.71. The number of aromatic nitrogens is 2. The van der Waals surface area contributed by atoms with Gasteiger partial charge in [0.05, 0.1) is 11.6 Å². The van der Waals surface area contributed by atoms with Crippen molar-refractivity contribution in [3.63, 3.8) is 0 Å². The highest BCUT2D eigenvalue weighted by molar-refractivity contribution is 5.93. The van der Waals surface area contributed by atoms with Crippen molar-refractivity contribution in [2.75, 3.05) is 6.54 Å². The number of H-pyrrole nitrogens is 1. The fourth-order valence-electron chi connectivity index (χ4n) is 1.84. The number of hydrogen-bond donors (Lipinski definition) is 2. The summed E-state index contributed by atoms with van der Waals surface area (Å²) < 4.78 is 0.925. The minimum atomic E-state index is -0.650. The van der Waals surface area contributed by atoms with Gasteiger partial charge in [0.2, 0.25) is 5.91 Å². The average molecular weight is 237 g/mol. The first kappa shape index (κ1) is 11.3. The van der Waals surface area contributed by atoms with Crippen LogP contribution < -0.4 is 16.6 Å². The Morgan fingerprint density at radius 2 is 2.12 bits per heavy atom. The van der Waals surface area contributed by atoms with Gasteiger partial charge in [0.25, 0.3) is 5.56 Å². The summed E-state index contributed by atoms with van der Waals surface area (Å²) in [7, 11) is 0. The number of carbonyl (C=O) groups is 2. The maximum Gasteiger partial charge on any atom is 0.328 e. The fourth-order valence-corrected chi connectivity index (χ4v) is 1.84. The lowest BCUT2D eigenvalue weighted by Gasteiger charge is -2.10. The van der Waals surface area contributed by atoms with Crippen LogP contribution in [0, 0.1) is 0 Å². The quantitative estimate of drug-likeness (QED) is 0.631. The van der Waals surface area contributed by atoms with Crippen molar-refractivity contribution in [3.8, 4) is 0 Å². The minimum Gasteiger partial charge on any atom is -0.354 e. The molecule has 1 amide bonds. The van der Waals surface area contributed by atoms with Crippen LogP contribution >= 0.6 is 0 Å². The van der Waals surface area contributed by atoms with Crippen molar-refractivity contribution >= 4 is 11.7 Å². The highest BCUT2D eigenvalue weighted by atomic mass is 16.2. The van der Waals surface area contributed by atoms with Gasteiger partial charge in [-0.2, -0.15) is 0 Å². The fraction of sp³-hybridized carbons (Fsp3) is 0.400. The maximum atomic E-state index is 11.9. The van der Waals surface area contributed by atoms with Gasteiger partial charge < -0.3 is 10.3 Å². The molecule has 1 aliphatic rings. The number of Topliss-reactive ketones (excluding diaryl/α,β-unsaturated/α-hetero) is 1. The first-order chi connectivity index (χ1) is 8.00. The van der Waals surface area contributed by atoms with Crippen LogP contribution in [-0.4, -0.2) is 27.8 Å². The van der Waals surface area contributed by atoms with E-state index in [9.17, 15) is 19.2 Å². The van der Waals surface area contributed by atoms with E-state index in [0.717, 1.165) is 10.8 Å². The van der Waals surface area contributed by atoms with Crippen LogP contribution in [0.4, 0.5) is 0 Å². The van der Waals surface area contributed by atoms with Crippen LogP contribution in [0.3, 0.4) is 0 Å². The van der Waals surface area contributed by atoms with Gasteiger partial charge >= 0.3 is 5.69 Å². The van der Waals surface area contributed by atoms with E-state index >= 15 is 0 Å². The van der Waals surface area contributed by atoms with E-state index in [0.29, 0.717) is 0 Å². The van der Waals surface area contributed by atoms with Crippen LogP contribution in [0.2, 0.25) is 0 Å². The first-order valence-electron chi connectivity index (χ1n) is 5.12. The summed E-state index contributed by atoms with van der Waals surface area (Å²) in [5.41, 5.74) is -1.34. The number of rotatable bonds is 2. The molecule has 0 bridgehead atoms. The third kappa shape index (κ3) is 1.91. The minimum absolute atomic E-state index is 0.0738. The molecule has 0 aromatic carbocycles. The zero-order valence-electron chi connectivity index (χ0n) is 9.15. The molecule has 0 saturated carbocycles. The lowest BCUT2D eigenvalue weighted by Crippen LogP contribution is -2.40. The summed E-state index contributed by atoms with van der Waals surface area (Å²) in [5, 5.41) is 2.53. The number of ketones is 1. The van der Waals surface area contributed by atoms with Crippen molar-refractivity contribution in [1.82, 2.24) is 14.9 Å². The number of carbonyl (C=O) groups excluding carboxylic acids is 2. The largest absolute Gasteiger partial charge is 0.354 e. The predicted octanol–water partition coefficient (Wildman–Crippen LogP) is -1.20. The Morgan fingerprint density at radius 1 is 1.41 bits per heavy atom. The second-order valence-corrected chi connectivity index (χ2v) is 3.90. The Labute approximate surface area is 95.5 Å². The molecule has 2 N–H and O–H groups in total. The Hall–Kier alpha value is -2.18. The van der Waals surface area contributed by atoms with Crippen LogP contribution in [0.5, 0.6) is 0 Å². The first-order valence-corrected chi connectivity index (χ1v) is 5.12. The SMILES string of the molecule is CC(=O)c1c[nH]c(=O)n(C2CNC(=O)C2)c1=O. The summed E-state index contributed by atoms with van der Waals surface area (Å²) in [5.74, 6) is -0.633. The Balaban J connectivity index is 2.57. The molecule has 1 unspecified atom stereocenters. The molecule has 0 spiro atoms. The van der Waals surface area contributed by atoms with Gasteiger partial charge in [-0.05, 0) is 6.92 Å². The summed E-state index contributed by atoms with van der Waals surface area (Å²) >= 11 is 0. The standard InChI is InChI=1S/C10H11N3O4/c1-5(14)7-4-12-10(17)13(9(7)16)6-2-8(15)11-3-6/h4,6H,2-3H2,1H3,(H,11,15)(H,12,17). The maximum absolute atomic E-state index is 11.9. The molecule has 17 heavy (non-hydrogen) atoms. The molecule has 1 saturated heterocycles. The van der Waals surface area contributed by atoms with E-state index in [4.69, 9.17) is 0 Å². The molecule has 1 atom stereocenters. The lowest BCUT2D eigenvalue weighted by molar-refractivity contribution is -0.119. The number of nitrogens with zero attached hydrogens (tertiary/aromatic N) is 1. The molecule has 90 valence electrons. The third-order valence-electron chi connectivity index (χ3n) is 2.71. The molecule has 7 nitrogen and oxygen atoms in total. The lowest BCUT2D eigenvalue weighted by atomic mass is 10.2. The van der Waals surface area contributed by atoms with Gasteiger partial charge in [0, 0.05) is 19.2 Å². The molecule has 0 radical (unpaired) electrons. The molecule has 1 fully saturated rings. The van der Waals surface area contributed by atoms with Gasteiger partial charge in [-0.3, -0.25) is 19.0 Å². The molecule has 2 heterocycles. The highest BCUT2D eigenvalue weighted by Gasteiger charge is 2.26. The summed E-state index contributed by atoms with van der Waals surface area (Å²) in [6.07, 6.45) is 1.18. The Bertz CT molecular complexity index is 598. The summed E-state index contributed by atoms with van der Waals surface area (Å²) in [6.45, 7) is 1.47. The van der Waals surface area contributed by atoms with E-state index in [1.165, 1.54) is 6.92 Å². The van der Waals surface area contributed by atoms with Gasteiger partial charge in [-0.1, -0.05) is 0 Å². The van der Waals surface area contributed by atoms with Gasteiger partial charge in [0.1, 0.15) is 0 Å². The number of amides is 1. The molecular formula is C10H11N3O4. The monoisotopic (exact) mass is 237 g/mol. The van der Waals surface area contributed by atoms with Gasteiger partial charge in [0.15, 0.2) is 5.78 Å². The zero-order valence-corrected chi connectivity index (χ0v) is 9.15. The van der Waals surface area contributed by atoms with E-state index in [1.807, 2.05) is 0 Å². The molecule has 7 heteroatoms. The molecular weight excluding hydrogens is 226 g/mol.